The molecule has 1 fully saturated rings. The lowest BCUT2D eigenvalue weighted by atomic mass is 10.0. The molecule has 3 heteroatoms. The van der Waals surface area contributed by atoms with Crippen molar-refractivity contribution in [1.29, 1.82) is 5.26 Å². The number of hydrogen-bond donors (Lipinski definition) is 2. The fourth-order valence-electron chi connectivity index (χ4n) is 2.31. The lowest BCUT2D eigenvalue weighted by Gasteiger charge is -2.20. The molecule has 0 spiro atoms. The average molecular weight is 210 g/mol. The monoisotopic (exact) mass is 210 g/mol. The van der Waals surface area contributed by atoms with Gasteiger partial charge in [0.05, 0.1) is 12.0 Å². The number of nitriles is 1. The highest BCUT2D eigenvalue weighted by Crippen LogP contribution is 2.25. The quantitative estimate of drug-likeness (QED) is 0.701. The summed E-state index contributed by atoms with van der Waals surface area (Å²) < 4.78 is 0. The molecule has 1 saturated carbocycles. The van der Waals surface area contributed by atoms with Crippen molar-refractivity contribution in [2.24, 2.45) is 11.8 Å². The maximum Gasteiger partial charge on any atom is 0.0672 e. The van der Waals surface area contributed by atoms with Crippen molar-refractivity contribution in [3.05, 3.63) is 0 Å². The van der Waals surface area contributed by atoms with E-state index < -0.39 is 0 Å². The lowest BCUT2D eigenvalue weighted by Crippen LogP contribution is -2.35. The van der Waals surface area contributed by atoms with Crippen molar-refractivity contribution in [2.75, 3.05) is 13.2 Å². The Balaban J connectivity index is 2.26. The van der Waals surface area contributed by atoms with E-state index in [1.165, 1.54) is 6.42 Å². The molecule has 0 aromatic rings. The molecule has 0 saturated heterocycles. The van der Waals surface area contributed by atoms with Crippen LogP contribution < -0.4 is 5.32 Å². The Morgan fingerprint density at radius 1 is 1.53 bits per heavy atom. The zero-order chi connectivity index (χ0) is 11.1. The Kier molecular flexibility index (Phi) is 5.67. The number of hydrogen-bond acceptors (Lipinski definition) is 3. The van der Waals surface area contributed by atoms with Crippen LogP contribution in [0, 0.1) is 23.2 Å². The van der Waals surface area contributed by atoms with Gasteiger partial charge in [-0.2, -0.15) is 5.26 Å². The molecule has 86 valence electrons. The number of aliphatic hydroxyl groups excluding tert-OH is 1. The van der Waals surface area contributed by atoms with Crippen molar-refractivity contribution in [2.45, 2.75) is 45.1 Å². The summed E-state index contributed by atoms with van der Waals surface area (Å²) in [6.45, 7) is 3.37. The standard InChI is InChI=1S/C12H22N2O/c1-2-10(6-7-15)9-14-12-5-3-4-11(12)8-13/h10-12,14-15H,2-7,9H2,1H3. The first-order valence-electron chi connectivity index (χ1n) is 6.05. The maximum absolute atomic E-state index is 8.93. The first-order valence-corrected chi connectivity index (χ1v) is 6.05. The van der Waals surface area contributed by atoms with Gasteiger partial charge in [-0.25, -0.2) is 0 Å². The summed E-state index contributed by atoms with van der Waals surface area (Å²) in [7, 11) is 0. The zero-order valence-electron chi connectivity index (χ0n) is 9.58. The number of rotatable bonds is 6. The first kappa shape index (κ1) is 12.5. The number of aliphatic hydroxyl groups is 1. The van der Waals surface area contributed by atoms with Gasteiger partial charge in [0.25, 0.3) is 0 Å². The number of nitrogens with one attached hydrogen (secondary N) is 1. The van der Waals surface area contributed by atoms with E-state index >= 15 is 0 Å². The molecule has 0 heterocycles. The second-order valence-corrected chi connectivity index (χ2v) is 4.47. The molecule has 0 bridgehead atoms. The highest BCUT2D eigenvalue weighted by molar-refractivity contribution is 4.96. The van der Waals surface area contributed by atoms with Gasteiger partial charge in [0.15, 0.2) is 0 Å². The van der Waals surface area contributed by atoms with Gasteiger partial charge in [0.1, 0.15) is 0 Å². The predicted molar refractivity (Wildman–Crippen MR) is 60.2 cm³/mol. The molecule has 0 aromatic heterocycles. The minimum Gasteiger partial charge on any atom is -0.396 e. The summed E-state index contributed by atoms with van der Waals surface area (Å²) in [5.74, 6) is 0.756. The van der Waals surface area contributed by atoms with Crippen LogP contribution in [0.2, 0.25) is 0 Å². The summed E-state index contributed by atoms with van der Waals surface area (Å²) in [6.07, 6.45) is 5.32. The van der Waals surface area contributed by atoms with Crippen LogP contribution in [0.25, 0.3) is 0 Å². The van der Waals surface area contributed by atoms with Crippen molar-refractivity contribution < 1.29 is 5.11 Å². The van der Waals surface area contributed by atoms with Crippen molar-refractivity contribution in [3.8, 4) is 6.07 Å². The van der Waals surface area contributed by atoms with Gasteiger partial charge >= 0.3 is 0 Å². The third kappa shape index (κ3) is 3.81. The highest BCUT2D eigenvalue weighted by atomic mass is 16.3. The minimum atomic E-state index is 0.205. The molecule has 15 heavy (non-hydrogen) atoms. The summed E-state index contributed by atoms with van der Waals surface area (Å²) >= 11 is 0. The van der Waals surface area contributed by atoms with Gasteiger partial charge in [-0.05, 0) is 31.7 Å². The topological polar surface area (TPSA) is 56.0 Å². The van der Waals surface area contributed by atoms with Gasteiger partial charge in [-0.15, -0.1) is 0 Å². The highest BCUT2D eigenvalue weighted by Gasteiger charge is 2.26. The molecule has 0 radical (unpaired) electrons. The second kappa shape index (κ2) is 6.81. The van der Waals surface area contributed by atoms with E-state index in [1.807, 2.05) is 0 Å². The molecule has 0 amide bonds. The smallest absolute Gasteiger partial charge is 0.0672 e. The predicted octanol–water partition coefficient (Wildman–Crippen LogP) is 1.68. The minimum absolute atomic E-state index is 0.205. The van der Waals surface area contributed by atoms with Gasteiger partial charge in [0.2, 0.25) is 0 Å². The van der Waals surface area contributed by atoms with Crippen LogP contribution in [0.1, 0.15) is 39.0 Å². The van der Waals surface area contributed by atoms with E-state index in [-0.39, 0.29) is 12.5 Å². The SMILES string of the molecule is CCC(CCO)CNC1CCCC1C#N. The van der Waals surface area contributed by atoms with Gasteiger partial charge < -0.3 is 10.4 Å². The summed E-state index contributed by atoms with van der Waals surface area (Å²) in [5.41, 5.74) is 0. The van der Waals surface area contributed by atoms with E-state index in [1.54, 1.807) is 0 Å². The van der Waals surface area contributed by atoms with Crippen LogP contribution in [0.15, 0.2) is 0 Å². The van der Waals surface area contributed by atoms with Crippen LogP contribution >= 0.6 is 0 Å². The first-order chi connectivity index (χ1) is 7.31. The number of nitrogens with zero attached hydrogens (tertiary/aromatic N) is 1. The van der Waals surface area contributed by atoms with Gasteiger partial charge in [0, 0.05) is 12.6 Å². The zero-order valence-corrected chi connectivity index (χ0v) is 9.58. The van der Waals surface area contributed by atoms with E-state index in [0.29, 0.717) is 12.0 Å². The Morgan fingerprint density at radius 2 is 2.33 bits per heavy atom. The fourth-order valence-corrected chi connectivity index (χ4v) is 2.31. The van der Waals surface area contributed by atoms with Crippen molar-refractivity contribution >= 4 is 0 Å². The maximum atomic E-state index is 8.93. The Hall–Kier alpha value is -0.590. The molecule has 3 nitrogen and oxygen atoms in total. The van der Waals surface area contributed by atoms with Crippen LogP contribution in [0.4, 0.5) is 0 Å². The van der Waals surface area contributed by atoms with E-state index in [9.17, 15) is 0 Å². The van der Waals surface area contributed by atoms with Gasteiger partial charge in [-0.1, -0.05) is 19.8 Å². The van der Waals surface area contributed by atoms with Crippen molar-refractivity contribution in [3.63, 3.8) is 0 Å². The molecule has 1 rings (SSSR count). The normalized spacial score (nSPS) is 27.5. The van der Waals surface area contributed by atoms with Crippen LogP contribution in [0.5, 0.6) is 0 Å². The molecule has 3 unspecified atom stereocenters. The van der Waals surface area contributed by atoms with Crippen LogP contribution in [0.3, 0.4) is 0 Å². The summed E-state index contributed by atoms with van der Waals surface area (Å²) in [4.78, 5) is 0. The largest absolute Gasteiger partial charge is 0.396 e. The fraction of sp³-hybridized carbons (Fsp3) is 0.917. The lowest BCUT2D eigenvalue weighted by molar-refractivity contribution is 0.247. The van der Waals surface area contributed by atoms with Crippen LogP contribution in [-0.4, -0.2) is 24.3 Å². The second-order valence-electron chi connectivity index (χ2n) is 4.47. The molecule has 2 N–H and O–H groups in total. The third-order valence-electron chi connectivity index (χ3n) is 3.47. The van der Waals surface area contributed by atoms with Crippen molar-refractivity contribution in [1.82, 2.24) is 5.32 Å². The van der Waals surface area contributed by atoms with E-state index in [2.05, 4.69) is 18.3 Å². The van der Waals surface area contributed by atoms with Crippen LogP contribution in [-0.2, 0) is 0 Å². The Bertz CT molecular complexity index is 212. The van der Waals surface area contributed by atoms with E-state index in [0.717, 1.165) is 32.2 Å². The van der Waals surface area contributed by atoms with E-state index in [4.69, 9.17) is 10.4 Å². The Morgan fingerprint density at radius 3 is 2.93 bits per heavy atom. The molecular formula is C12H22N2O. The van der Waals surface area contributed by atoms with Gasteiger partial charge in [-0.3, -0.25) is 0 Å². The third-order valence-corrected chi connectivity index (χ3v) is 3.47. The summed E-state index contributed by atoms with van der Waals surface area (Å²) in [5, 5.41) is 21.3. The molecule has 0 aromatic carbocycles. The average Bonchev–Trinajstić information content (AvgIpc) is 2.71. The Labute approximate surface area is 92.5 Å². The molecule has 1 aliphatic rings. The molecular weight excluding hydrogens is 188 g/mol. The summed E-state index contributed by atoms with van der Waals surface area (Å²) in [6, 6.07) is 2.77. The molecule has 3 atom stereocenters. The molecule has 0 aliphatic heterocycles. The molecule has 1 aliphatic carbocycles.